The van der Waals surface area contributed by atoms with Crippen molar-refractivity contribution in [1.82, 2.24) is 9.88 Å². The third kappa shape index (κ3) is 4.99. The number of para-hydroxylation sites is 3. The minimum Gasteiger partial charge on any atom is -0.456 e. The molecular formula is C52H33N3O2. The summed E-state index contributed by atoms with van der Waals surface area (Å²) in [5.41, 5.74) is 13.1. The van der Waals surface area contributed by atoms with Gasteiger partial charge in [0.25, 0.3) is 0 Å². The Bertz CT molecular complexity index is 3390. The Hall–Kier alpha value is -7.63. The second-order valence-corrected chi connectivity index (χ2v) is 14.7. The standard InChI is InChI=1S/C52H33N3O2/c1-3-13-32(14-4-1)42-31-43(54-52(53-42)33-15-5-2-6-16-33)35-26-28-41-49(30-35)56-47-24-12-19-36(50(41)47)34-25-27-39-40-20-11-23-46(51(40)57-48(39)29-34)55-44-21-9-7-17-37(44)38-18-8-10-22-45(38)55/h1-31,42H,(H,53,54). The summed E-state index contributed by atoms with van der Waals surface area (Å²) in [6, 6.07) is 63.7. The highest BCUT2D eigenvalue weighted by Crippen LogP contribution is 2.42. The van der Waals surface area contributed by atoms with E-state index in [2.05, 4.69) is 174 Å². The fourth-order valence-electron chi connectivity index (χ4n) is 8.81. The van der Waals surface area contributed by atoms with Crippen molar-refractivity contribution in [3.05, 3.63) is 205 Å². The number of aliphatic imine (C=N–C) groups is 1. The summed E-state index contributed by atoms with van der Waals surface area (Å²) in [7, 11) is 0. The van der Waals surface area contributed by atoms with E-state index in [-0.39, 0.29) is 6.04 Å². The van der Waals surface area contributed by atoms with Crippen LogP contribution in [0.5, 0.6) is 0 Å². The van der Waals surface area contributed by atoms with Crippen LogP contribution in [0.15, 0.2) is 202 Å². The number of aromatic nitrogens is 1. The quantitative estimate of drug-likeness (QED) is 0.192. The number of hydrogen-bond donors (Lipinski definition) is 1. The lowest BCUT2D eigenvalue weighted by molar-refractivity contribution is 0.666. The predicted octanol–water partition coefficient (Wildman–Crippen LogP) is 13.4. The smallest absolute Gasteiger partial charge is 0.159 e. The summed E-state index contributed by atoms with van der Waals surface area (Å²) in [6.45, 7) is 0. The highest BCUT2D eigenvalue weighted by Gasteiger charge is 2.22. The van der Waals surface area contributed by atoms with Crippen molar-refractivity contribution in [1.29, 1.82) is 0 Å². The summed E-state index contributed by atoms with van der Waals surface area (Å²) >= 11 is 0. The minimum absolute atomic E-state index is 0.123. The van der Waals surface area contributed by atoms with Gasteiger partial charge in [-0.05, 0) is 71.3 Å². The first-order valence-corrected chi connectivity index (χ1v) is 19.3. The molecule has 0 aliphatic carbocycles. The van der Waals surface area contributed by atoms with Gasteiger partial charge in [-0.25, -0.2) is 0 Å². The van der Waals surface area contributed by atoms with Gasteiger partial charge in [-0.3, -0.25) is 4.99 Å². The van der Waals surface area contributed by atoms with E-state index in [9.17, 15) is 0 Å². The monoisotopic (exact) mass is 731 g/mol. The molecular weight excluding hydrogens is 699 g/mol. The van der Waals surface area contributed by atoms with Crippen molar-refractivity contribution in [2.24, 2.45) is 4.99 Å². The third-order valence-corrected chi connectivity index (χ3v) is 11.5. The first-order valence-electron chi connectivity index (χ1n) is 19.3. The molecule has 57 heavy (non-hydrogen) atoms. The molecule has 1 aliphatic heterocycles. The lowest BCUT2D eigenvalue weighted by atomic mass is 9.97. The molecule has 4 heterocycles. The Labute approximate surface area is 327 Å². The Morgan fingerprint density at radius 2 is 1.12 bits per heavy atom. The van der Waals surface area contributed by atoms with Gasteiger partial charge in [0, 0.05) is 49.1 Å². The van der Waals surface area contributed by atoms with E-state index in [0.717, 1.165) is 99.9 Å². The van der Waals surface area contributed by atoms with Crippen LogP contribution in [0.3, 0.4) is 0 Å². The van der Waals surface area contributed by atoms with Crippen molar-refractivity contribution in [3.8, 4) is 16.8 Å². The van der Waals surface area contributed by atoms with E-state index in [1.165, 1.54) is 10.8 Å². The van der Waals surface area contributed by atoms with Crippen molar-refractivity contribution in [3.63, 3.8) is 0 Å². The summed E-state index contributed by atoms with van der Waals surface area (Å²) in [5.74, 6) is 0.845. The molecule has 1 unspecified atom stereocenters. The van der Waals surface area contributed by atoms with Gasteiger partial charge in [-0.1, -0.05) is 133 Å². The van der Waals surface area contributed by atoms with Crippen LogP contribution in [0.25, 0.3) is 88.2 Å². The van der Waals surface area contributed by atoms with Gasteiger partial charge in [0.1, 0.15) is 22.6 Å². The first kappa shape index (κ1) is 31.7. The van der Waals surface area contributed by atoms with Crippen molar-refractivity contribution < 1.29 is 8.83 Å². The zero-order chi connectivity index (χ0) is 37.5. The van der Waals surface area contributed by atoms with Crippen molar-refractivity contribution in [2.45, 2.75) is 6.04 Å². The molecule has 8 aromatic carbocycles. The Morgan fingerprint density at radius 3 is 1.93 bits per heavy atom. The molecule has 0 fully saturated rings. The lowest BCUT2D eigenvalue weighted by Crippen LogP contribution is -2.27. The van der Waals surface area contributed by atoms with Crippen LogP contribution in [0.4, 0.5) is 0 Å². The Balaban J connectivity index is 0.965. The van der Waals surface area contributed by atoms with Crippen molar-refractivity contribution in [2.75, 3.05) is 0 Å². The van der Waals surface area contributed by atoms with Crippen LogP contribution in [-0.4, -0.2) is 10.4 Å². The number of furan rings is 2. The van der Waals surface area contributed by atoms with Gasteiger partial charge >= 0.3 is 0 Å². The Kier molecular flexibility index (Phi) is 6.92. The van der Waals surface area contributed by atoms with E-state index in [0.29, 0.717) is 0 Å². The maximum Gasteiger partial charge on any atom is 0.159 e. The number of rotatable bonds is 5. The average molecular weight is 732 g/mol. The van der Waals surface area contributed by atoms with Gasteiger partial charge in [0.05, 0.1) is 22.8 Å². The summed E-state index contributed by atoms with van der Waals surface area (Å²) in [5, 5.41) is 10.4. The van der Waals surface area contributed by atoms with E-state index < -0.39 is 0 Å². The number of fused-ring (bicyclic) bond motifs is 9. The van der Waals surface area contributed by atoms with E-state index in [1.807, 2.05) is 24.3 Å². The summed E-state index contributed by atoms with van der Waals surface area (Å²) in [6.07, 6.45) is 2.20. The SMILES string of the molecule is C1=C(c2ccc3c(c2)oc2cccc(-c4ccc5c(c4)oc4c(-n6c7ccccc7c7ccccc76)cccc45)c23)NC(c2ccccc2)=NC1c1ccccc1. The topological polar surface area (TPSA) is 55.6 Å². The summed E-state index contributed by atoms with van der Waals surface area (Å²) in [4.78, 5) is 5.11. The zero-order valence-corrected chi connectivity index (χ0v) is 30.7. The van der Waals surface area contributed by atoms with Gasteiger partial charge in [0.15, 0.2) is 5.58 Å². The third-order valence-electron chi connectivity index (χ3n) is 11.5. The maximum absolute atomic E-state index is 6.85. The molecule has 1 atom stereocenters. The van der Waals surface area contributed by atoms with E-state index >= 15 is 0 Å². The summed E-state index contributed by atoms with van der Waals surface area (Å²) < 4.78 is 15.8. The molecule has 5 nitrogen and oxygen atoms in total. The zero-order valence-electron chi connectivity index (χ0n) is 30.7. The lowest BCUT2D eigenvalue weighted by Gasteiger charge is -2.23. The highest BCUT2D eigenvalue weighted by molar-refractivity contribution is 6.16. The van der Waals surface area contributed by atoms with E-state index in [4.69, 9.17) is 13.8 Å². The molecule has 0 spiro atoms. The normalized spacial score (nSPS) is 14.5. The van der Waals surface area contributed by atoms with Gasteiger partial charge in [-0.15, -0.1) is 0 Å². The van der Waals surface area contributed by atoms with Crippen LogP contribution in [0.2, 0.25) is 0 Å². The molecule has 1 aliphatic rings. The van der Waals surface area contributed by atoms with Crippen LogP contribution in [0.1, 0.15) is 22.7 Å². The largest absolute Gasteiger partial charge is 0.456 e. The molecule has 0 amide bonds. The molecule has 3 aromatic heterocycles. The fraction of sp³-hybridized carbons (Fsp3) is 0.0192. The molecule has 1 N–H and O–H groups in total. The average Bonchev–Trinajstić information content (AvgIpc) is 3.96. The predicted molar refractivity (Wildman–Crippen MR) is 234 cm³/mol. The fourth-order valence-corrected chi connectivity index (χ4v) is 8.81. The minimum atomic E-state index is -0.123. The maximum atomic E-state index is 6.85. The molecule has 5 heteroatoms. The number of nitrogens with one attached hydrogen (secondary N) is 1. The molecule has 0 saturated carbocycles. The number of benzene rings is 8. The molecule has 11 aromatic rings. The number of amidine groups is 1. The van der Waals surface area contributed by atoms with Crippen LogP contribution >= 0.6 is 0 Å². The molecule has 0 saturated heterocycles. The first-order chi connectivity index (χ1) is 28.2. The molecule has 0 radical (unpaired) electrons. The van der Waals surface area contributed by atoms with Crippen LogP contribution < -0.4 is 5.32 Å². The molecule has 12 rings (SSSR count). The van der Waals surface area contributed by atoms with Crippen LogP contribution in [0, 0.1) is 0 Å². The van der Waals surface area contributed by atoms with Gasteiger partial charge in [-0.2, -0.15) is 0 Å². The van der Waals surface area contributed by atoms with E-state index in [1.54, 1.807) is 0 Å². The number of hydrogen-bond acceptors (Lipinski definition) is 4. The molecule has 0 bridgehead atoms. The second kappa shape index (κ2) is 12.4. The number of nitrogens with zero attached hydrogens (tertiary/aromatic N) is 2. The Morgan fingerprint density at radius 1 is 0.474 bits per heavy atom. The molecule has 268 valence electrons. The van der Waals surface area contributed by atoms with Gasteiger partial charge in [0.2, 0.25) is 0 Å². The van der Waals surface area contributed by atoms with Crippen molar-refractivity contribution >= 4 is 77.2 Å². The van der Waals surface area contributed by atoms with Gasteiger partial charge < -0.3 is 18.7 Å². The van der Waals surface area contributed by atoms with Crippen LogP contribution in [-0.2, 0) is 0 Å². The highest BCUT2D eigenvalue weighted by atomic mass is 16.3. The second-order valence-electron chi connectivity index (χ2n) is 14.7.